The molecular formula is C16H18O5. The van der Waals surface area contributed by atoms with Crippen molar-refractivity contribution in [1.29, 1.82) is 0 Å². The summed E-state index contributed by atoms with van der Waals surface area (Å²) in [7, 11) is 4.42. The number of rotatable bonds is 5. The van der Waals surface area contributed by atoms with Crippen molar-refractivity contribution in [3.05, 3.63) is 53.8 Å². The number of para-hydroxylation sites is 1. The summed E-state index contributed by atoms with van der Waals surface area (Å²) in [5.74, 6) is -1.81. The number of allylic oxidation sites excluding steroid dienone is 1. The summed E-state index contributed by atoms with van der Waals surface area (Å²) in [6.45, 7) is 0. The number of aliphatic hydroxyl groups excluding tert-OH is 1. The monoisotopic (exact) mass is 290 g/mol. The summed E-state index contributed by atoms with van der Waals surface area (Å²) in [5.41, 5.74) is 0.414. The molecule has 1 aliphatic carbocycles. The summed E-state index contributed by atoms with van der Waals surface area (Å²) < 4.78 is 15.6. The molecule has 21 heavy (non-hydrogen) atoms. The van der Waals surface area contributed by atoms with Crippen molar-refractivity contribution >= 4 is 5.78 Å². The van der Waals surface area contributed by atoms with Gasteiger partial charge >= 0.3 is 0 Å². The molecule has 5 nitrogen and oxygen atoms in total. The second kappa shape index (κ2) is 6.11. The molecule has 0 aromatic heterocycles. The van der Waals surface area contributed by atoms with Crippen LogP contribution in [0.5, 0.6) is 5.75 Å². The van der Waals surface area contributed by atoms with Crippen LogP contribution in [-0.4, -0.2) is 38.0 Å². The van der Waals surface area contributed by atoms with Crippen molar-refractivity contribution in [2.24, 2.45) is 5.92 Å². The Bertz CT molecular complexity index is 584. The molecule has 1 unspecified atom stereocenters. The average molecular weight is 290 g/mol. The summed E-state index contributed by atoms with van der Waals surface area (Å²) in [6.07, 6.45) is 4.55. The SMILES string of the molecule is COc1ccccc1C(=O)C1C=CC(OC)(OC)C=C1O. The van der Waals surface area contributed by atoms with Gasteiger partial charge in [-0.15, -0.1) is 0 Å². The Morgan fingerprint density at radius 2 is 1.86 bits per heavy atom. The molecule has 0 radical (unpaired) electrons. The first-order valence-electron chi connectivity index (χ1n) is 6.45. The molecule has 0 saturated heterocycles. The molecule has 1 aromatic rings. The second-order valence-corrected chi connectivity index (χ2v) is 4.60. The Hall–Kier alpha value is -2.11. The van der Waals surface area contributed by atoms with Gasteiger partial charge in [0, 0.05) is 20.3 Å². The summed E-state index contributed by atoms with van der Waals surface area (Å²) in [4.78, 5) is 12.6. The van der Waals surface area contributed by atoms with Gasteiger partial charge in [-0.25, -0.2) is 0 Å². The van der Waals surface area contributed by atoms with Crippen molar-refractivity contribution in [2.45, 2.75) is 5.79 Å². The Kier molecular flexibility index (Phi) is 4.45. The van der Waals surface area contributed by atoms with E-state index in [-0.39, 0.29) is 11.5 Å². The number of aliphatic hydroxyl groups is 1. The van der Waals surface area contributed by atoms with Crippen molar-refractivity contribution in [2.75, 3.05) is 21.3 Å². The summed E-state index contributed by atoms with van der Waals surface area (Å²) >= 11 is 0. The zero-order valence-corrected chi connectivity index (χ0v) is 12.2. The highest BCUT2D eigenvalue weighted by Gasteiger charge is 2.34. The van der Waals surface area contributed by atoms with E-state index in [1.54, 1.807) is 36.4 Å². The molecule has 1 aliphatic rings. The number of hydrogen-bond donors (Lipinski definition) is 1. The summed E-state index contributed by atoms with van der Waals surface area (Å²) in [6, 6.07) is 6.90. The molecule has 0 heterocycles. The molecule has 0 aliphatic heterocycles. The fraction of sp³-hybridized carbons (Fsp3) is 0.312. The van der Waals surface area contributed by atoms with Crippen LogP contribution in [0.15, 0.2) is 48.3 Å². The van der Waals surface area contributed by atoms with Crippen LogP contribution < -0.4 is 4.74 Å². The lowest BCUT2D eigenvalue weighted by molar-refractivity contribution is -0.136. The molecule has 1 atom stereocenters. The zero-order chi connectivity index (χ0) is 15.5. The third-order valence-electron chi connectivity index (χ3n) is 3.48. The smallest absolute Gasteiger partial charge is 0.211 e. The molecular weight excluding hydrogens is 272 g/mol. The molecule has 112 valence electrons. The fourth-order valence-corrected chi connectivity index (χ4v) is 2.25. The highest BCUT2D eigenvalue weighted by atomic mass is 16.7. The highest BCUT2D eigenvalue weighted by Crippen LogP contribution is 2.31. The number of carbonyl (C=O) groups is 1. The van der Waals surface area contributed by atoms with Gasteiger partial charge in [-0.3, -0.25) is 4.79 Å². The zero-order valence-electron chi connectivity index (χ0n) is 12.2. The van der Waals surface area contributed by atoms with Gasteiger partial charge in [0.05, 0.1) is 18.6 Å². The van der Waals surface area contributed by atoms with Gasteiger partial charge in [-0.2, -0.15) is 0 Å². The topological polar surface area (TPSA) is 65.0 Å². The Labute approximate surface area is 123 Å². The van der Waals surface area contributed by atoms with Crippen LogP contribution in [0, 0.1) is 5.92 Å². The quantitative estimate of drug-likeness (QED) is 0.513. The molecule has 0 spiro atoms. The molecule has 0 saturated carbocycles. The highest BCUT2D eigenvalue weighted by molar-refractivity contribution is 6.02. The summed E-state index contributed by atoms with van der Waals surface area (Å²) in [5, 5.41) is 10.2. The average Bonchev–Trinajstić information content (AvgIpc) is 2.54. The van der Waals surface area contributed by atoms with Crippen LogP contribution in [0.2, 0.25) is 0 Å². The minimum absolute atomic E-state index is 0.114. The van der Waals surface area contributed by atoms with Crippen LogP contribution in [-0.2, 0) is 9.47 Å². The van der Waals surface area contributed by atoms with Gasteiger partial charge in [-0.05, 0) is 18.2 Å². The lowest BCUT2D eigenvalue weighted by Gasteiger charge is -2.29. The number of benzene rings is 1. The molecule has 0 bridgehead atoms. The second-order valence-electron chi connectivity index (χ2n) is 4.60. The number of carbonyl (C=O) groups excluding carboxylic acids is 1. The first kappa shape index (κ1) is 15.3. The van der Waals surface area contributed by atoms with Gasteiger partial charge in [0.1, 0.15) is 11.5 Å². The predicted molar refractivity (Wildman–Crippen MR) is 77.4 cm³/mol. The van der Waals surface area contributed by atoms with E-state index in [0.29, 0.717) is 11.3 Å². The first-order valence-corrected chi connectivity index (χ1v) is 6.45. The van der Waals surface area contributed by atoms with E-state index in [4.69, 9.17) is 14.2 Å². The molecule has 5 heteroatoms. The molecule has 1 aromatic carbocycles. The van der Waals surface area contributed by atoms with Gasteiger partial charge in [-0.1, -0.05) is 18.2 Å². The maximum atomic E-state index is 12.6. The predicted octanol–water partition coefficient (Wildman–Crippen LogP) is 2.49. The van der Waals surface area contributed by atoms with Crippen molar-refractivity contribution in [1.82, 2.24) is 0 Å². The largest absolute Gasteiger partial charge is 0.511 e. The van der Waals surface area contributed by atoms with E-state index in [2.05, 4.69) is 0 Å². The van der Waals surface area contributed by atoms with Crippen LogP contribution in [0.3, 0.4) is 0 Å². The van der Waals surface area contributed by atoms with Crippen molar-refractivity contribution in [3.63, 3.8) is 0 Å². The maximum absolute atomic E-state index is 12.6. The molecule has 2 rings (SSSR count). The van der Waals surface area contributed by atoms with Gasteiger partial charge in [0.15, 0.2) is 5.78 Å². The Balaban J connectivity index is 2.32. The molecule has 0 fully saturated rings. The fourth-order valence-electron chi connectivity index (χ4n) is 2.25. The lowest BCUT2D eigenvalue weighted by atomic mass is 9.90. The minimum atomic E-state index is -1.14. The third kappa shape index (κ3) is 2.84. The van der Waals surface area contributed by atoms with E-state index >= 15 is 0 Å². The Morgan fingerprint density at radius 1 is 1.19 bits per heavy atom. The van der Waals surface area contributed by atoms with Crippen LogP contribution in [0.4, 0.5) is 0 Å². The van der Waals surface area contributed by atoms with Crippen molar-refractivity contribution in [3.8, 4) is 5.75 Å². The first-order chi connectivity index (χ1) is 10.1. The molecule has 0 amide bonds. The number of ether oxygens (including phenoxy) is 3. The van der Waals surface area contributed by atoms with E-state index in [0.717, 1.165) is 0 Å². The Morgan fingerprint density at radius 3 is 2.43 bits per heavy atom. The number of ketones is 1. The number of Topliss-reactive ketones (excluding diaryl/α,β-unsaturated/α-hetero) is 1. The maximum Gasteiger partial charge on any atom is 0.211 e. The third-order valence-corrected chi connectivity index (χ3v) is 3.48. The van der Waals surface area contributed by atoms with Gasteiger partial charge in [0.2, 0.25) is 5.79 Å². The van der Waals surface area contributed by atoms with E-state index < -0.39 is 11.7 Å². The van der Waals surface area contributed by atoms with Crippen LogP contribution in [0.25, 0.3) is 0 Å². The van der Waals surface area contributed by atoms with E-state index in [9.17, 15) is 9.90 Å². The van der Waals surface area contributed by atoms with Crippen LogP contribution in [0.1, 0.15) is 10.4 Å². The van der Waals surface area contributed by atoms with Crippen LogP contribution >= 0.6 is 0 Å². The van der Waals surface area contributed by atoms with Crippen molar-refractivity contribution < 1.29 is 24.1 Å². The number of methoxy groups -OCH3 is 3. The number of hydrogen-bond acceptors (Lipinski definition) is 5. The van der Waals surface area contributed by atoms with Gasteiger partial charge < -0.3 is 19.3 Å². The van der Waals surface area contributed by atoms with E-state index in [1.807, 2.05) is 0 Å². The molecule has 1 N–H and O–H groups in total. The van der Waals surface area contributed by atoms with Gasteiger partial charge in [0.25, 0.3) is 0 Å². The lowest BCUT2D eigenvalue weighted by Crippen LogP contribution is -2.34. The minimum Gasteiger partial charge on any atom is -0.511 e. The van der Waals surface area contributed by atoms with E-state index in [1.165, 1.54) is 27.4 Å². The standard InChI is InChI=1S/C16H18O5/c1-19-14-7-5-4-6-12(14)15(18)11-8-9-16(20-2,21-3)10-13(11)17/h4-11,17H,1-3H3. The normalized spacial score (nSPS) is 20.0.